The Morgan fingerprint density at radius 1 is 1.53 bits per heavy atom. The zero-order valence-electron chi connectivity index (χ0n) is 9.60. The average molecular weight is 209 g/mol. The van der Waals surface area contributed by atoms with Crippen LogP contribution in [0.25, 0.3) is 0 Å². The first kappa shape index (κ1) is 10.6. The van der Waals surface area contributed by atoms with Crippen LogP contribution in [-0.2, 0) is 0 Å². The molecule has 0 aliphatic heterocycles. The summed E-state index contributed by atoms with van der Waals surface area (Å²) in [5, 5.41) is 4.04. The van der Waals surface area contributed by atoms with Gasteiger partial charge < -0.3 is 10.3 Å². The van der Waals surface area contributed by atoms with Gasteiger partial charge >= 0.3 is 0 Å². The first-order valence-electron chi connectivity index (χ1n) is 5.67. The number of aromatic nitrogens is 2. The second kappa shape index (κ2) is 3.93. The molecule has 3 atom stereocenters. The molecule has 1 aromatic heterocycles. The molecular formula is C11H19N3O. The van der Waals surface area contributed by atoms with Gasteiger partial charge in [-0.2, -0.15) is 4.98 Å². The molecule has 1 aromatic rings. The molecule has 1 aliphatic rings. The summed E-state index contributed by atoms with van der Waals surface area (Å²) in [5.74, 6) is 3.46. The minimum atomic E-state index is 0.195. The SMILES string of the molecule is CC(C)C(CN)c1nc(C2CC2C)no1. The second-order valence-corrected chi connectivity index (χ2v) is 4.90. The Kier molecular flexibility index (Phi) is 2.78. The topological polar surface area (TPSA) is 64.9 Å². The molecule has 1 saturated carbocycles. The van der Waals surface area contributed by atoms with E-state index in [1.807, 2.05) is 0 Å². The van der Waals surface area contributed by atoms with E-state index in [1.54, 1.807) is 0 Å². The van der Waals surface area contributed by atoms with Crippen LogP contribution in [0.4, 0.5) is 0 Å². The van der Waals surface area contributed by atoms with E-state index >= 15 is 0 Å². The molecule has 0 amide bonds. The Balaban J connectivity index is 2.11. The van der Waals surface area contributed by atoms with Crippen molar-refractivity contribution >= 4 is 0 Å². The van der Waals surface area contributed by atoms with Crippen molar-refractivity contribution in [2.45, 2.75) is 39.0 Å². The summed E-state index contributed by atoms with van der Waals surface area (Å²) in [4.78, 5) is 4.46. The quantitative estimate of drug-likeness (QED) is 0.822. The van der Waals surface area contributed by atoms with Crippen LogP contribution in [0.5, 0.6) is 0 Å². The number of nitrogens with two attached hydrogens (primary N) is 1. The van der Waals surface area contributed by atoms with Crippen LogP contribution in [0.15, 0.2) is 4.52 Å². The minimum absolute atomic E-state index is 0.195. The molecule has 0 spiro atoms. The highest BCUT2D eigenvalue weighted by molar-refractivity contribution is 5.09. The van der Waals surface area contributed by atoms with Gasteiger partial charge in [0.1, 0.15) is 0 Å². The molecule has 3 unspecified atom stereocenters. The zero-order chi connectivity index (χ0) is 11.0. The van der Waals surface area contributed by atoms with Gasteiger partial charge in [0.2, 0.25) is 5.89 Å². The molecule has 0 aromatic carbocycles. The maximum absolute atomic E-state index is 5.71. The van der Waals surface area contributed by atoms with Gasteiger partial charge in [0, 0.05) is 12.5 Å². The number of nitrogens with zero attached hydrogens (tertiary/aromatic N) is 2. The number of rotatable bonds is 4. The van der Waals surface area contributed by atoms with Crippen LogP contribution in [0.3, 0.4) is 0 Å². The van der Waals surface area contributed by atoms with Gasteiger partial charge in [0.05, 0.1) is 5.92 Å². The van der Waals surface area contributed by atoms with Crippen molar-refractivity contribution in [3.63, 3.8) is 0 Å². The highest BCUT2D eigenvalue weighted by Gasteiger charge is 2.38. The first-order valence-corrected chi connectivity index (χ1v) is 5.67. The van der Waals surface area contributed by atoms with E-state index in [9.17, 15) is 0 Å². The monoisotopic (exact) mass is 209 g/mol. The lowest BCUT2D eigenvalue weighted by atomic mass is 9.96. The van der Waals surface area contributed by atoms with Crippen molar-refractivity contribution in [1.82, 2.24) is 10.1 Å². The van der Waals surface area contributed by atoms with Gasteiger partial charge in [-0.3, -0.25) is 0 Å². The van der Waals surface area contributed by atoms with Crippen LogP contribution >= 0.6 is 0 Å². The van der Waals surface area contributed by atoms with E-state index in [-0.39, 0.29) is 5.92 Å². The molecule has 0 saturated heterocycles. The lowest BCUT2D eigenvalue weighted by Crippen LogP contribution is -2.18. The van der Waals surface area contributed by atoms with E-state index in [0.717, 1.165) is 5.82 Å². The Labute approximate surface area is 90.2 Å². The third-order valence-corrected chi connectivity index (χ3v) is 3.27. The largest absolute Gasteiger partial charge is 0.339 e. The standard InChI is InChI=1S/C11H19N3O/c1-6(2)9(5-12)11-13-10(14-15-11)8-4-7(8)3/h6-9H,4-5,12H2,1-3H3. The molecule has 15 heavy (non-hydrogen) atoms. The smallest absolute Gasteiger partial charge is 0.231 e. The Morgan fingerprint density at radius 3 is 2.67 bits per heavy atom. The summed E-state index contributed by atoms with van der Waals surface area (Å²) >= 11 is 0. The van der Waals surface area contributed by atoms with Gasteiger partial charge in [-0.15, -0.1) is 0 Å². The van der Waals surface area contributed by atoms with Gasteiger partial charge in [0.15, 0.2) is 5.82 Å². The predicted molar refractivity (Wildman–Crippen MR) is 57.5 cm³/mol. The lowest BCUT2D eigenvalue weighted by molar-refractivity contribution is 0.321. The van der Waals surface area contributed by atoms with Crippen molar-refractivity contribution in [3.8, 4) is 0 Å². The van der Waals surface area contributed by atoms with Gasteiger partial charge in [-0.05, 0) is 18.3 Å². The van der Waals surface area contributed by atoms with E-state index in [4.69, 9.17) is 10.3 Å². The minimum Gasteiger partial charge on any atom is -0.339 e. The molecule has 1 heterocycles. The fraction of sp³-hybridized carbons (Fsp3) is 0.818. The molecule has 0 radical (unpaired) electrons. The van der Waals surface area contributed by atoms with Crippen molar-refractivity contribution < 1.29 is 4.52 Å². The predicted octanol–water partition coefficient (Wildman–Crippen LogP) is 1.89. The van der Waals surface area contributed by atoms with Crippen LogP contribution in [0.2, 0.25) is 0 Å². The zero-order valence-corrected chi connectivity index (χ0v) is 9.60. The van der Waals surface area contributed by atoms with Crippen molar-refractivity contribution in [1.29, 1.82) is 0 Å². The summed E-state index contributed by atoms with van der Waals surface area (Å²) in [7, 11) is 0. The van der Waals surface area contributed by atoms with Crippen LogP contribution < -0.4 is 5.73 Å². The summed E-state index contributed by atoms with van der Waals surface area (Å²) in [6, 6.07) is 0. The maximum Gasteiger partial charge on any atom is 0.231 e. The molecule has 2 rings (SSSR count). The van der Waals surface area contributed by atoms with Gasteiger partial charge in [-0.25, -0.2) is 0 Å². The lowest BCUT2D eigenvalue weighted by Gasteiger charge is -2.13. The molecule has 2 N–H and O–H groups in total. The maximum atomic E-state index is 5.71. The van der Waals surface area contributed by atoms with Crippen LogP contribution in [0.1, 0.15) is 50.7 Å². The normalized spacial score (nSPS) is 27.0. The highest BCUT2D eigenvalue weighted by atomic mass is 16.5. The molecule has 1 fully saturated rings. The first-order chi connectivity index (χ1) is 7.13. The molecule has 4 nitrogen and oxygen atoms in total. The van der Waals surface area contributed by atoms with E-state index < -0.39 is 0 Å². The summed E-state index contributed by atoms with van der Waals surface area (Å²) in [6.07, 6.45) is 1.19. The van der Waals surface area contributed by atoms with E-state index in [1.165, 1.54) is 6.42 Å². The molecule has 0 bridgehead atoms. The number of hydrogen-bond acceptors (Lipinski definition) is 4. The molecular weight excluding hydrogens is 190 g/mol. The summed E-state index contributed by atoms with van der Waals surface area (Å²) in [5.41, 5.74) is 5.71. The Morgan fingerprint density at radius 2 is 2.20 bits per heavy atom. The van der Waals surface area contributed by atoms with Gasteiger partial charge in [-0.1, -0.05) is 25.9 Å². The van der Waals surface area contributed by atoms with E-state index in [0.29, 0.717) is 30.2 Å². The van der Waals surface area contributed by atoms with Crippen LogP contribution in [0, 0.1) is 11.8 Å². The summed E-state index contributed by atoms with van der Waals surface area (Å²) < 4.78 is 5.29. The second-order valence-electron chi connectivity index (χ2n) is 4.90. The Bertz CT molecular complexity index is 334. The molecule has 4 heteroatoms. The summed E-state index contributed by atoms with van der Waals surface area (Å²) in [6.45, 7) is 7.03. The molecule has 1 aliphatic carbocycles. The number of hydrogen-bond donors (Lipinski definition) is 1. The van der Waals surface area contributed by atoms with Gasteiger partial charge in [0.25, 0.3) is 0 Å². The van der Waals surface area contributed by atoms with Crippen molar-refractivity contribution in [2.24, 2.45) is 17.6 Å². The average Bonchev–Trinajstić information content (AvgIpc) is 2.74. The fourth-order valence-corrected chi connectivity index (χ4v) is 1.89. The van der Waals surface area contributed by atoms with Crippen molar-refractivity contribution in [2.75, 3.05) is 6.54 Å². The highest BCUT2D eigenvalue weighted by Crippen LogP contribution is 2.45. The van der Waals surface area contributed by atoms with Crippen LogP contribution in [-0.4, -0.2) is 16.7 Å². The third kappa shape index (κ3) is 2.04. The Hall–Kier alpha value is -0.900. The fourth-order valence-electron chi connectivity index (χ4n) is 1.89. The third-order valence-electron chi connectivity index (χ3n) is 3.27. The molecule has 84 valence electrons. The van der Waals surface area contributed by atoms with E-state index in [2.05, 4.69) is 30.9 Å². The van der Waals surface area contributed by atoms with Crippen molar-refractivity contribution in [3.05, 3.63) is 11.7 Å².